The number of hydrogen-bond donors (Lipinski definition) is 5. The topological polar surface area (TPSA) is 180 Å². The summed E-state index contributed by atoms with van der Waals surface area (Å²) in [4.78, 5) is 20.9. The molecular formula is C43H46Cl2F2N8O7. The number of nitrogens with zero attached hydrogens (tertiary/aromatic N) is 6. The number of nitrogens with one attached hydrogen (secondary N) is 2. The Kier molecular flexibility index (Phi) is 16.2. The molecule has 0 saturated heterocycles. The highest BCUT2D eigenvalue weighted by Crippen LogP contribution is 2.37. The van der Waals surface area contributed by atoms with Crippen LogP contribution in [-0.2, 0) is 0 Å². The van der Waals surface area contributed by atoms with Crippen molar-refractivity contribution in [2.24, 2.45) is 0 Å². The number of methoxy groups -OCH3 is 2. The number of ether oxygens (including phenoxy) is 4. The summed E-state index contributed by atoms with van der Waals surface area (Å²) < 4.78 is 50.8. The van der Waals surface area contributed by atoms with Crippen molar-refractivity contribution in [2.75, 3.05) is 84.4 Å². The number of fused-ring (bicyclic) bond motifs is 2. The van der Waals surface area contributed by atoms with Crippen LogP contribution in [0.3, 0.4) is 0 Å². The van der Waals surface area contributed by atoms with Crippen molar-refractivity contribution in [2.45, 2.75) is 12.2 Å². The van der Waals surface area contributed by atoms with Crippen molar-refractivity contribution >= 4 is 68.0 Å². The first-order chi connectivity index (χ1) is 29.9. The van der Waals surface area contributed by atoms with E-state index < -0.39 is 23.8 Å². The van der Waals surface area contributed by atoms with Gasteiger partial charge in [0, 0.05) is 65.7 Å². The molecule has 2 unspecified atom stereocenters. The molecule has 6 aromatic rings. The van der Waals surface area contributed by atoms with Gasteiger partial charge < -0.3 is 49.8 Å². The van der Waals surface area contributed by atoms with E-state index in [0.29, 0.717) is 86.1 Å². The summed E-state index contributed by atoms with van der Waals surface area (Å²) in [7, 11) is 4.82. The van der Waals surface area contributed by atoms with Gasteiger partial charge in [0.25, 0.3) is 0 Å². The van der Waals surface area contributed by atoms with Crippen LogP contribution in [0.5, 0.6) is 23.0 Å². The predicted molar refractivity (Wildman–Crippen MR) is 235 cm³/mol. The fourth-order valence-corrected chi connectivity index (χ4v) is 6.69. The van der Waals surface area contributed by atoms with Gasteiger partial charge in [0.05, 0.1) is 43.2 Å². The number of likely N-dealkylation sites (N-methyl/N-ethyl adjacent to an activating group) is 1. The molecule has 7 rings (SSSR count). The quantitative estimate of drug-likeness (QED) is 0.0581. The van der Waals surface area contributed by atoms with Gasteiger partial charge in [0.1, 0.15) is 61.3 Å². The lowest BCUT2D eigenvalue weighted by Crippen LogP contribution is -2.34. The summed E-state index contributed by atoms with van der Waals surface area (Å²) in [5.41, 5.74) is 1.59. The van der Waals surface area contributed by atoms with Crippen LogP contribution >= 0.6 is 23.2 Å². The molecule has 3 heterocycles. The number of rotatable bonds is 18. The fraction of sp³-hybridized carbons (Fsp3) is 0.302. The molecule has 62 heavy (non-hydrogen) atoms. The summed E-state index contributed by atoms with van der Waals surface area (Å²) in [6.07, 6.45) is 5.48. The maximum absolute atomic E-state index is 14.2. The zero-order chi connectivity index (χ0) is 44.2. The van der Waals surface area contributed by atoms with E-state index in [-0.39, 0.29) is 31.2 Å². The molecule has 5 N–H and O–H groups in total. The second-order valence-electron chi connectivity index (χ2n) is 14.1. The molecule has 1 aliphatic rings. The number of aromatic nitrogens is 4. The SMILES string of the molecule is COc1cc2c(Nc3ccc(Cl)cc3F)ncnc2cc1OCC(O)CN(C)CCO.COc1cc2c(Nc3ccc(Cl)cc3F)ncnc2cc1OCC(O)CN1CC=CC1. The fourth-order valence-electron chi connectivity index (χ4n) is 6.38. The highest BCUT2D eigenvalue weighted by Gasteiger charge is 2.18. The van der Waals surface area contributed by atoms with Crippen LogP contribution < -0.4 is 29.6 Å². The number of hydrogen-bond acceptors (Lipinski definition) is 15. The lowest BCUT2D eigenvalue weighted by molar-refractivity contribution is 0.0701. The Bertz CT molecular complexity index is 2480. The minimum absolute atomic E-state index is 0.0125. The molecule has 0 saturated carbocycles. The summed E-state index contributed by atoms with van der Waals surface area (Å²) >= 11 is 11.6. The summed E-state index contributed by atoms with van der Waals surface area (Å²) in [6.45, 7) is 3.14. The van der Waals surface area contributed by atoms with E-state index in [1.165, 1.54) is 51.1 Å². The van der Waals surface area contributed by atoms with E-state index in [2.05, 4.69) is 47.6 Å². The Morgan fingerprint density at radius 1 is 0.710 bits per heavy atom. The lowest BCUT2D eigenvalue weighted by atomic mass is 10.2. The predicted octanol–water partition coefficient (Wildman–Crippen LogP) is 6.62. The second-order valence-corrected chi connectivity index (χ2v) is 15.0. The van der Waals surface area contributed by atoms with Gasteiger partial charge in [-0.2, -0.15) is 0 Å². The van der Waals surface area contributed by atoms with E-state index in [1.807, 2.05) is 0 Å². The van der Waals surface area contributed by atoms with Crippen LogP contribution in [-0.4, -0.2) is 131 Å². The Morgan fingerprint density at radius 2 is 1.19 bits per heavy atom. The zero-order valence-electron chi connectivity index (χ0n) is 34.1. The van der Waals surface area contributed by atoms with Gasteiger partial charge >= 0.3 is 0 Å². The standard InChI is InChI=1S/C22H22ClFN4O3.C21H24ClFN4O4/c1-30-20-9-16-19(10-21(20)31-12-15(29)11-28-6-2-3-7-28)25-13-26-22(16)27-18-5-4-14(23)8-17(18)24;1-27(5-6-28)10-14(29)11-31-20-9-18-15(8-19(20)30-2)21(25-12-24-18)26-17-4-3-13(22)7-16(17)23/h2-5,8-10,13,15,29H,6-7,11-12H2,1H3,(H,25,26,27);3-4,7-9,12,14,28-29H,5-6,10-11H2,1-2H3,(H,24,25,26). The molecule has 0 aliphatic carbocycles. The lowest BCUT2D eigenvalue weighted by Gasteiger charge is -2.20. The largest absolute Gasteiger partial charge is 0.493 e. The van der Waals surface area contributed by atoms with Gasteiger partial charge in [0.2, 0.25) is 0 Å². The molecule has 0 bridgehead atoms. The van der Waals surface area contributed by atoms with Crippen LogP contribution in [0.15, 0.2) is 85.5 Å². The van der Waals surface area contributed by atoms with E-state index in [0.717, 1.165) is 13.1 Å². The van der Waals surface area contributed by atoms with Crippen LogP contribution in [0.2, 0.25) is 10.0 Å². The van der Waals surface area contributed by atoms with Gasteiger partial charge in [0.15, 0.2) is 23.0 Å². The minimum atomic E-state index is -0.757. The molecule has 2 atom stereocenters. The third-order valence-electron chi connectivity index (χ3n) is 9.44. The Labute approximate surface area is 366 Å². The highest BCUT2D eigenvalue weighted by atomic mass is 35.5. The first kappa shape index (κ1) is 45.9. The average Bonchev–Trinajstić information content (AvgIpc) is 3.77. The van der Waals surface area contributed by atoms with E-state index in [4.69, 9.17) is 47.3 Å². The van der Waals surface area contributed by atoms with Gasteiger partial charge in [-0.25, -0.2) is 28.7 Å². The third kappa shape index (κ3) is 12.3. The second kappa shape index (κ2) is 21.9. The molecule has 19 heteroatoms. The number of aliphatic hydroxyl groups is 3. The van der Waals surface area contributed by atoms with Crippen LogP contribution in [0.4, 0.5) is 31.8 Å². The third-order valence-corrected chi connectivity index (χ3v) is 9.91. The van der Waals surface area contributed by atoms with Crippen LogP contribution in [0.25, 0.3) is 21.8 Å². The van der Waals surface area contributed by atoms with Gasteiger partial charge in [-0.3, -0.25) is 4.90 Å². The summed E-state index contributed by atoms with van der Waals surface area (Å²) in [6, 6.07) is 15.5. The first-order valence-electron chi connectivity index (χ1n) is 19.3. The molecule has 0 spiro atoms. The van der Waals surface area contributed by atoms with Crippen molar-refractivity contribution < 1.29 is 43.0 Å². The highest BCUT2D eigenvalue weighted by molar-refractivity contribution is 6.31. The van der Waals surface area contributed by atoms with Crippen molar-refractivity contribution in [1.29, 1.82) is 0 Å². The molecule has 0 radical (unpaired) electrons. The number of benzene rings is 4. The molecular weight excluding hydrogens is 849 g/mol. The smallest absolute Gasteiger partial charge is 0.163 e. The van der Waals surface area contributed by atoms with Gasteiger partial charge in [-0.15, -0.1) is 0 Å². The number of β-amino-alcohol motifs (C(OH)–C–C–N with tert-alkyl or cyclic N) is 1. The maximum Gasteiger partial charge on any atom is 0.163 e. The Balaban J connectivity index is 0.000000207. The maximum atomic E-state index is 14.2. The van der Waals surface area contributed by atoms with Gasteiger partial charge in [-0.05, 0) is 55.6 Å². The summed E-state index contributed by atoms with van der Waals surface area (Å²) in [5.74, 6) is 1.53. The number of halogens is 4. The minimum Gasteiger partial charge on any atom is -0.493 e. The average molecular weight is 896 g/mol. The zero-order valence-corrected chi connectivity index (χ0v) is 35.6. The molecule has 0 fully saturated rings. The number of aliphatic hydroxyl groups excluding tert-OH is 3. The van der Waals surface area contributed by atoms with Crippen molar-refractivity contribution in [1.82, 2.24) is 29.7 Å². The van der Waals surface area contributed by atoms with Crippen LogP contribution in [0, 0.1) is 11.6 Å². The van der Waals surface area contributed by atoms with Crippen molar-refractivity contribution in [3.8, 4) is 23.0 Å². The molecule has 15 nitrogen and oxygen atoms in total. The van der Waals surface area contributed by atoms with Crippen molar-refractivity contribution in [3.63, 3.8) is 0 Å². The summed E-state index contributed by atoms with van der Waals surface area (Å²) in [5, 5.41) is 37.2. The Hall–Kier alpha value is -5.66. The van der Waals surface area contributed by atoms with Crippen LogP contribution in [0.1, 0.15) is 0 Å². The monoisotopic (exact) mass is 894 g/mol. The van der Waals surface area contributed by atoms with Gasteiger partial charge in [-0.1, -0.05) is 35.4 Å². The van der Waals surface area contributed by atoms with E-state index >= 15 is 0 Å². The molecule has 1 aliphatic heterocycles. The van der Waals surface area contributed by atoms with Crippen molar-refractivity contribution in [3.05, 3.63) is 107 Å². The molecule has 4 aromatic carbocycles. The van der Waals surface area contributed by atoms with E-state index in [1.54, 1.807) is 48.3 Å². The normalized spacial score (nSPS) is 13.5. The molecule has 328 valence electrons. The first-order valence-corrected chi connectivity index (χ1v) is 20.1. The van der Waals surface area contributed by atoms with E-state index in [9.17, 15) is 19.0 Å². The Morgan fingerprint density at radius 3 is 1.65 bits per heavy atom. The number of anilines is 4. The molecule has 0 amide bonds. The molecule has 2 aromatic heterocycles.